The van der Waals surface area contributed by atoms with E-state index in [1.54, 1.807) is 14.0 Å². The van der Waals surface area contributed by atoms with Crippen LogP contribution in [-0.2, 0) is 17.8 Å². The molecule has 2 rings (SSSR count). The van der Waals surface area contributed by atoms with Crippen molar-refractivity contribution in [1.82, 2.24) is 14.9 Å². The van der Waals surface area contributed by atoms with E-state index in [0.29, 0.717) is 25.1 Å². The van der Waals surface area contributed by atoms with Gasteiger partial charge in [-0.25, -0.2) is 4.98 Å². The minimum atomic E-state index is -0.0844. The maximum Gasteiger partial charge on any atom is 0.256 e. The van der Waals surface area contributed by atoms with Gasteiger partial charge in [0.15, 0.2) is 0 Å². The molecule has 0 atom stereocenters. The normalized spacial score (nSPS) is 10.3. The number of nitrogens with zero attached hydrogens (tertiary/aromatic N) is 2. The van der Waals surface area contributed by atoms with Crippen molar-refractivity contribution in [2.45, 2.75) is 19.9 Å². The van der Waals surface area contributed by atoms with Crippen molar-refractivity contribution in [3.05, 3.63) is 58.3 Å². The first-order chi connectivity index (χ1) is 10.6. The van der Waals surface area contributed by atoms with E-state index in [1.165, 1.54) is 17.1 Å². The number of carbonyl (C=O) groups excluding carboxylic acids is 1. The molecule has 2 aromatic rings. The summed E-state index contributed by atoms with van der Waals surface area (Å²) in [6.07, 6.45) is 3.30. The van der Waals surface area contributed by atoms with E-state index in [0.717, 1.165) is 11.3 Å². The summed E-state index contributed by atoms with van der Waals surface area (Å²) >= 11 is 0. The van der Waals surface area contributed by atoms with Gasteiger partial charge >= 0.3 is 0 Å². The predicted octanol–water partition coefficient (Wildman–Crippen LogP) is 0.919. The third-order valence-electron chi connectivity index (χ3n) is 3.27. The third-order valence-corrected chi connectivity index (χ3v) is 3.27. The van der Waals surface area contributed by atoms with E-state index in [1.807, 2.05) is 24.3 Å². The van der Waals surface area contributed by atoms with Crippen molar-refractivity contribution in [3.63, 3.8) is 0 Å². The van der Waals surface area contributed by atoms with Crippen molar-refractivity contribution in [1.29, 1.82) is 0 Å². The molecule has 0 aliphatic carbocycles. The number of amides is 1. The second kappa shape index (κ2) is 7.40. The van der Waals surface area contributed by atoms with Gasteiger partial charge in [0.2, 0.25) is 5.91 Å². The smallest absolute Gasteiger partial charge is 0.256 e. The lowest BCUT2D eigenvalue weighted by molar-refractivity contribution is -0.120. The van der Waals surface area contributed by atoms with Gasteiger partial charge in [-0.2, -0.15) is 0 Å². The zero-order valence-electron chi connectivity index (χ0n) is 12.7. The van der Waals surface area contributed by atoms with Gasteiger partial charge in [-0.1, -0.05) is 12.1 Å². The summed E-state index contributed by atoms with van der Waals surface area (Å²) in [5.74, 6) is 0.675. The molecule has 22 heavy (non-hydrogen) atoms. The number of benzene rings is 1. The number of aryl methyl sites for hydroxylation is 1. The zero-order valence-corrected chi connectivity index (χ0v) is 12.7. The average Bonchev–Trinajstić information content (AvgIpc) is 2.52. The summed E-state index contributed by atoms with van der Waals surface area (Å²) in [4.78, 5) is 27.6. The van der Waals surface area contributed by atoms with Crippen molar-refractivity contribution in [2.24, 2.45) is 0 Å². The largest absolute Gasteiger partial charge is 0.497 e. The van der Waals surface area contributed by atoms with Crippen molar-refractivity contribution in [3.8, 4) is 5.75 Å². The van der Waals surface area contributed by atoms with Gasteiger partial charge in [-0.15, -0.1) is 0 Å². The molecule has 1 heterocycles. The first-order valence-electron chi connectivity index (χ1n) is 7.01. The van der Waals surface area contributed by atoms with Crippen LogP contribution < -0.4 is 15.6 Å². The maximum absolute atomic E-state index is 11.9. The lowest BCUT2D eigenvalue weighted by atomic mass is 10.1. The minimum absolute atomic E-state index is 0.0839. The quantitative estimate of drug-likeness (QED) is 0.861. The molecule has 1 aromatic carbocycles. The van der Waals surface area contributed by atoms with Crippen LogP contribution >= 0.6 is 0 Å². The van der Waals surface area contributed by atoms with Gasteiger partial charge in [0.05, 0.1) is 19.9 Å². The SMILES string of the molecule is COc1ccc(CC(=O)NCCn2cncc(C)c2=O)cc1. The summed E-state index contributed by atoms with van der Waals surface area (Å²) in [5, 5.41) is 2.80. The van der Waals surface area contributed by atoms with Crippen LogP contribution in [0.15, 0.2) is 41.6 Å². The summed E-state index contributed by atoms with van der Waals surface area (Å²) < 4.78 is 6.56. The van der Waals surface area contributed by atoms with Gasteiger partial charge in [-0.05, 0) is 24.6 Å². The number of methoxy groups -OCH3 is 1. The fraction of sp³-hybridized carbons (Fsp3) is 0.312. The van der Waals surface area contributed by atoms with Crippen molar-refractivity contribution in [2.75, 3.05) is 13.7 Å². The highest BCUT2D eigenvalue weighted by Gasteiger charge is 2.04. The Balaban J connectivity index is 1.82. The average molecular weight is 301 g/mol. The Morgan fingerprint density at radius 2 is 2.05 bits per heavy atom. The van der Waals surface area contributed by atoms with Gasteiger partial charge in [0.1, 0.15) is 5.75 Å². The predicted molar refractivity (Wildman–Crippen MR) is 82.9 cm³/mol. The lowest BCUT2D eigenvalue weighted by Crippen LogP contribution is -2.32. The molecule has 6 heteroatoms. The fourth-order valence-corrected chi connectivity index (χ4v) is 2.03. The molecule has 0 unspecified atom stereocenters. The number of carbonyl (C=O) groups is 1. The van der Waals surface area contributed by atoms with Crippen LogP contribution in [0, 0.1) is 6.92 Å². The molecule has 116 valence electrons. The molecule has 0 fully saturated rings. The molecule has 1 N–H and O–H groups in total. The van der Waals surface area contributed by atoms with E-state index >= 15 is 0 Å². The van der Waals surface area contributed by atoms with Crippen molar-refractivity contribution < 1.29 is 9.53 Å². The maximum atomic E-state index is 11.9. The number of ether oxygens (including phenoxy) is 1. The molecular formula is C16H19N3O3. The van der Waals surface area contributed by atoms with E-state index < -0.39 is 0 Å². The molecule has 0 spiro atoms. The molecule has 0 bridgehead atoms. The van der Waals surface area contributed by atoms with Crippen LogP contribution in [0.4, 0.5) is 0 Å². The first kappa shape index (κ1) is 15.8. The molecule has 0 saturated heterocycles. The van der Waals surface area contributed by atoms with Crippen LogP contribution in [0.1, 0.15) is 11.1 Å². The molecule has 0 saturated carbocycles. The van der Waals surface area contributed by atoms with Gasteiger partial charge in [-0.3, -0.25) is 14.2 Å². The van der Waals surface area contributed by atoms with Crippen LogP contribution in [0.25, 0.3) is 0 Å². The minimum Gasteiger partial charge on any atom is -0.497 e. The van der Waals surface area contributed by atoms with Crippen LogP contribution in [0.2, 0.25) is 0 Å². The van der Waals surface area contributed by atoms with E-state index in [-0.39, 0.29) is 11.5 Å². The Bertz CT molecular complexity index is 693. The second-order valence-corrected chi connectivity index (χ2v) is 4.95. The molecule has 1 amide bonds. The van der Waals surface area contributed by atoms with Crippen molar-refractivity contribution >= 4 is 5.91 Å². The molecular weight excluding hydrogens is 282 g/mol. The topological polar surface area (TPSA) is 73.2 Å². The van der Waals surface area contributed by atoms with Crippen LogP contribution in [-0.4, -0.2) is 29.1 Å². The number of nitrogens with one attached hydrogen (secondary N) is 1. The Kier molecular flexibility index (Phi) is 5.30. The highest BCUT2D eigenvalue weighted by Crippen LogP contribution is 2.11. The van der Waals surface area contributed by atoms with E-state index in [9.17, 15) is 9.59 Å². The Hall–Kier alpha value is -2.63. The summed E-state index contributed by atoms with van der Waals surface area (Å²) in [5.41, 5.74) is 1.42. The van der Waals surface area contributed by atoms with Gasteiger partial charge < -0.3 is 10.1 Å². The lowest BCUT2D eigenvalue weighted by Gasteiger charge is -2.08. The molecule has 1 aromatic heterocycles. The summed E-state index contributed by atoms with van der Waals surface area (Å²) in [7, 11) is 1.60. The van der Waals surface area contributed by atoms with E-state index in [4.69, 9.17) is 4.74 Å². The summed E-state index contributed by atoms with van der Waals surface area (Å²) in [6.45, 7) is 2.51. The third kappa shape index (κ3) is 4.18. The fourth-order valence-electron chi connectivity index (χ4n) is 2.03. The standard InChI is InChI=1S/C16H19N3O3/c1-12-10-17-11-19(16(12)21)8-7-18-15(20)9-13-3-5-14(22-2)6-4-13/h3-6,10-11H,7-9H2,1-2H3,(H,18,20). The molecule has 0 aliphatic rings. The monoisotopic (exact) mass is 301 g/mol. The number of aromatic nitrogens is 2. The van der Waals surface area contributed by atoms with E-state index in [2.05, 4.69) is 10.3 Å². The number of hydrogen-bond acceptors (Lipinski definition) is 4. The number of hydrogen-bond donors (Lipinski definition) is 1. The second-order valence-electron chi connectivity index (χ2n) is 4.95. The highest BCUT2D eigenvalue weighted by molar-refractivity contribution is 5.78. The Morgan fingerprint density at radius 1 is 1.32 bits per heavy atom. The summed E-state index contributed by atoms with van der Waals surface area (Å²) in [6, 6.07) is 7.35. The van der Waals surface area contributed by atoms with Crippen LogP contribution in [0.5, 0.6) is 5.75 Å². The molecule has 0 radical (unpaired) electrons. The molecule has 6 nitrogen and oxygen atoms in total. The van der Waals surface area contributed by atoms with Gasteiger partial charge in [0.25, 0.3) is 5.56 Å². The first-order valence-corrected chi connectivity index (χ1v) is 7.01. The van der Waals surface area contributed by atoms with Gasteiger partial charge in [0, 0.05) is 24.8 Å². The molecule has 0 aliphatic heterocycles. The Labute approximate surface area is 128 Å². The highest BCUT2D eigenvalue weighted by atomic mass is 16.5. The zero-order chi connectivity index (χ0) is 15.9. The van der Waals surface area contributed by atoms with Crippen LogP contribution in [0.3, 0.4) is 0 Å². The number of rotatable bonds is 6. The Morgan fingerprint density at radius 3 is 2.73 bits per heavy atom.